The molecule has 2 aromatic carbocycles. The molecule has 0 saturated carbocycles. The Labute approximate surface area is 187 Å². The average Bonchev–Trinajstić information content (AvgIpc) is 3.27. The summed E-state index contributed by atoms with van der Waals surface area (Å²) in [5.74, 6) is 3.03. The molecule has 3 N–H and O–H groups in total. The quantitative estimate of drug-likeness (QED) is 0.607. The zero-order valence-corrected chi connectivity index (χ0v) is 18.1. The van der Waals surface area contributed by atoms with E-state index in [9.17, 15) is 0 Å². The van der Waals surface area contributed by atoms with Gasteiger partial charge in [-0.25, -0.2) is 0 Å². The van der Waals surface area contributed by atoms with E-state index in [0.29, 0.717) is 18.6 Å². The van der Waals surface area contributed by atoms with Gasteiger partial charge in [0.15, 0.2) is 17.3 Å². The summed E-state index contributed by atoms with van der Waals surface area (Å²) in [6.45, 7) is 7.11. The van der Waals surface area contributed by atoms with E-state index in [1.165, 1.54) is 5.56 Å². The fourth-order valence-corrected chi connectivity index (χ4v) is 4.07. The van der Waals surface area contributed by atoms with Crippen molar-refractivity contribution in [1.82, 2.24) is 24.8 Å². The summed E-state index contributed by atoms with van der Waals surface area (Å²) in [6.07, 6.45) is 0. The second-order valence-electron chi connectivity index (χ2n) is 8.04. The molecule has 32 heavy (non-hydrogen) atoms. The molecule has 0 aliphatic carbocycles. The molecule has 2 aliphatic heterocycles. The lowest BCUT2D eigenvalue weighted by molar-refractivity contribution is 0.0947. The molecular formula is C23H27N7O2. The van der Waals surface area contributed by atoms with E-state index in [1.807, 2.05) is 36.4 Å². The van der Waals surface area contributed by atoms with Crippen molar-refractivity contribution in [3.05, 3.63) is 59.9 Å². The van der Waals surface area contributed by atoms with Crippen LogP contribution in [0.2, 0.25) is 0 Å². The number of para-hydroxylation sites is 1. The molecule has 5 rings (SSSR count). The van der Waals surface area contributed by atoms with Crippen LogP contribution in [0.15, 0.2) is 48.5 Å². The third-order valence-corrected chi connectivity index (χ3v) is 5.87. The van der Waals surface area contributed by atoms with Crippen LogP contribution in [0, 0.1) is 0 Å². The van der Waals surface area contributed by atoms with Gasteiger partial charge in [-0.3, -0.25) is 9.80 Å². The van der Waals surface area contributed by atoms with Gasteiger partial charge in [0.25, 0.3) is 0 Å². The minimum Gasteiger partial charge on any atom is -0.454 e. The minimum atomic E-state index is 0.0457. The van der Waals surface area contributed by atoms with Gasteiger partial charge in [-0.2, -0.15) is 15.0 Å². The van der Waals surface area contributed by atoms with Gasteiger partial charge >= 0.3 is 0 Å². The molecule has 0 bridgehead atoms. The van der Waals surface area contributed by atoms with Crippen LogP contribution in [0.25, 0.3) is 0 Å². The maximum Gasteiger partial charge on any atom is 0.232 e. The summed E-state index contributed by atoms with van der Waals surface area (Å²) in [6, 6.07) is 16.0. The number of rotatable bonds is 6. The lowest BCUT2D eigenvalue weighted by Crippen LogP contribution is -2.47. The van der Waals surface area contributed by atoms with Crippen LogP contribution in [0.1, 0.15) is 24.4 Å². The highest BCUT2D eigenvalue weighted by Gasteiger charge is 2.25. The number of hydrogen-bond acceptors (Lipinski definition) is 9. The van der Waals surface area contributed by atoms with Crippen molar-refractivity contribution in [1.29, 1.82) is 0 Å². The second kappa shape index (κ2) is 8.97. The normalized spacial score (nSPS) is 17.3. The number of benzene rings is 2. The number of nitrogens with one attached hydrogen (secondary N) is 1. The van der Waals surface area contributed by atoms with Crippen molar-refractivity contribution in [3.63, 3.8) is 0 Å². The van der Waals surface area contributed by atoms with Crippen LogP contribution in [0.4, 0.5) is 17.6 Å². The maximum absolute atomic E-state index is 5.98. The number of nitrogen functional groups attached to an aromatic ring is 1. The largest absolute Gasteiger partial charge is 0.454 e. The van der Waals surface area contributed by atoms with Gasteiger partial charge in [-0.1, -0.05) is 24.3 Å². The standard InChI is InChI=1S/C23H27N7O2/c1-16(21-26-22(24)28-23(27-21)25-18-5-3-2-4-6-18)30-11-9-29(10-12-30)14-17-7-8-19-20(13-17)32-15-31-19/h2-8,13,16H,9-12,14-15H2,1H3,(H3,24,25,26,27,28). The average molecular weight is 434 g/mol. The predicted molar refractivity (Wildman–Crippen MR) is 122 cm³/mol. The van der Waals surface area contributed by atoms with E-state index in [2.05, 4.69) is 49.1 Å². The van der Waals surface area contributed by atoms with E-state index < -0.39 is 0 Å². The molecule has 1 atom stereocenters. The van der Waals surface area contributed by atoms with Gasteiger partial charge in [0.05, 0.1) is 6.04 Å². The Morgan fingerprint density at radius 2 is 1.75 bits per heavy atom. The summed E-state index contributed by atoms with van der Waals surface area (Å²) in [5, 5.41) is 3.21. The Balaban J connectivity index is 1.20. The van der Waals surface area contributed by atoms with Crippen molar-refractivity contribution in [2.45, 2.75) is 19.5 Å². The minimum absolute atomic E-state index is 0.0457. The summed E-state index contributed by atoms with van der Waals surface area (Å²) >= 11 is 0. The van der Waals surface area contributed by atoms with Gasteiger partial charge in [0, 0.05) is 38.4 Å². The van der Waals surface area contributed by atoms with Crippen LogP contribution in [0.3, 0.4) is 0 Å². The van der Waals surface area contributed by atoms with Crippen LogP contribution in [-0.4, -0.2) is 57.7 Å². The first-order chi connectivity index (χ1) is 15.6. The number of piperazine rings is 1. The Hall–Kier alpha value is -3.43. The molecule has 0 spiro atoms. The molecule has 9 nitrogen and oxygen atoms in total. The lowest BCUT2D eigenvalue weighted by atomic mass is 10.1. The number of nitrogens with two attached hydrogens (primary N) is 1. The molecule has 166 valence electrons. The zero-order valence-electron chi connectivity index (χ0n) is 18.1. The first-order valence-corrected chi connectivity index (χ1v) is 10.8. The van der Waals surface area contributed by atoms with E-state index in [1.54, 1.807) is 0 Å². The molecule has 1 unspecified atom stereocenters. The van der Waals surface area contributed by atoms with Crippen LogP contribution in [-0.2, 0) is 6.54 Å². The van der Waals surface area contributed by atoms with Crippen LogP contribution in [0.5, 0.6) is 11.5 Å². The molecular weight excluding hydrogens is 406 g/mol. The monoisotopic (exact) mass is 433 g/mol. The van der Waals surface area contributed by atoms with Gasteiger partial charge < -0.3 is 20.5 Å². The summed E-state index contributed by atoms with van der Waals surface area (Å²) in [4.78, 5) is 18.1. The zero-order chi connectivity index (χ0) is 21.9. The van der Waals surface area contributed by atoms with E-state index in [-0.39, 0.29) is 12.0 Å². The molecule has 1 saturated heterocycles. The van der Waals surface area contributed by atoms with E-state index in [4.69, 9.17) is 15.2 Å². The SMILES string of the molecule is CC(c1nc(N)nc(Nc2ccccc2)n1)N1CCN(Cc2ccc3c(c2)OCO3)CC1. The van der Waals surface area contributed by atoms with Crippen LogP contribution >= 0.6 is 0 Å². The number of anilines is 3. The molecule has 0 amide bonds. The maximum atomic E-state index is 5.98. The summed E-state index contributed by atoms with van der Waals surface area (Å²) in [7, 11) is 0. The number of hydrogen-bond donors (Lipinski definition) is 2. The molecule has 2 aliphatic rings. The van der Waals surface area contributed by atoms with Crippen molar-refractivity contribution in [2.75, 3.05) is 44.0 Å². The molecule has 9 heteroatoms. The molecule has 0 radical (unpaired) electrons. The third kappa shape index (κ3) is 4.58. The van der Waals surface area contributed by atoms with Crippen molar-refractivity contribution < 1.29 is 9.47 Å². The second-order valence-corrected chi connectivity index (χ2v) is 8.04. The highest BCUT2D eigenvalue weighted by Crippen LogP contribution is 2.33. The lowest BCUT2D eigenvalue weighted by Gasteiger charge is -2.37. The predicted octanol–water partition coefficient (Wildman–Crippen LogP) is 2.80. The summed E-state index contributed by atoms with van der Waals surface area (Å²) in [5.41, 5.74) is 8.12. The highest BCUT2D eigenvalue weighted by atomic mass is 16.7. The molecule has 1 aromatic heterocycles. The van der Waals surface area contributed by atoms with Gasteiger partial charge in [0.2, 0.25) is 18.7 Å². The Kier molecular flexibility index (Phi) is 5.74. The fourth-order valence-electron chi connectivity index (χ4n) is 4.07. The molecule has 3 aromatic rings. The van der Waals surface area contributed by atoms with E-state index >= 15 is 0 Å². The third-order valence-electron chi connectivity index (χ3n) is 5.87. The van der Waals surface area contributed by atoms with Crippen molar-refractivity contribution >= 4 is 17.6 Å². The fraction of sp³-hybridized carbons (Fsp3) is 0.348. The topological polar surface area (TPSA) is 102 Å². The van der Waals surface area contributed by atoms with Gasteiger partial charge in [-0.05, 0) is 36.8 Å². The van der Waals surface area contributed by atoms with Crippen molar-refractivity contribution in [2.24, 2.45) is 0 Å². The molecule has 1 fully saturated rings. The number of ether oxygens (including phenoxy) is 2. The van der Waals surface area contributed by atoms with Gasteiger partial charge in [0.1, 0.15) is 0 Å². The number of aromatic nitrogens is 3. The number of nitrogens with zero attached hydrogens (tertiary/aromatic N) is 5. The van der Waals surface area contributed by atoms with Gasteiger partial charge in [-0.15, -0.1) is 0 Å². The van der Waals surface area contributed by atoms with Crippen LogP contribution < -0.4 is 20.5 Å². The van der Waals surface area contributed by atoms with E-state index in [0.717, 1.165) is 49.9 Å². The Morgan fingerprint density at radius 1 is 0.969 bits per heavy atom. The number of fused-ring (bicyclic) bond motifs is 1. The Morgan fingerprint density at radius 3 is 2.56 bits per heavy atom. The Bertz CT molecular complexity index is 1070. The highest BCUT2D eigenvalue weighted by molar-refractivity contribution is 5.53. The van der Waals surface area contributed by atoms with Crippen molar-refractivity contribution in [3.8, 4) is 11.5 Å². The summed E-state index contributed by atoms with van der Waals surface area (Å²) < 4.78 is 10.9. The smallest absolute Gasteiger partial charge is 0.232 e. The molecule has 3 heterocycles. The first kappa shape index (κ1) is 20.5. The first-order valence-electron chi connectivity index (χ1n) is 10.8.